The molecule has 1 heterocycles. The average Bonchev–Trinajstić information content (AvgIpc) is 3.46. The van der Waals surface area contributed by atoms with Crippen molar-refractivity contribution in [3.63, 3.8) is 0 Å². The summed E-state index contributed by atoms with van der Waals surface area (Å²) < 4.78 is 6.57. The van der Waals surface area contributed by atoms with Crippen molar-refractivity contribution in [1.29, 1.82) is 0 Å². The summed E-state index contributed by atoms with van der Waals surface area (Å²) in [5.74, 6) is 1.41. The topological polar surface area (TPSA) is 67.0 Å². The second-order valence-corrected chi connectivity index (χ2v) is 10.9. The Hall–Kier alpha value is -2.86. The number of ether oxygens (including phenoxy) is 1. The maximum Gasteiger partial charge on any atom is 0.408 e. The number of aromatic nitrogens is 2. The van der Waals surface area contributed by atoms with Gasteiger partial charge in [0.1, 0.15) is 11.4 Å². The maximum absolute atomic E-state index is 12.4. The number of imidazole rings is 1. The smallest absolute Gasteiger partial charge is 0.408 e. The van der Waals surface area contributed by atoms with Gasteiger partial charge in [-0.25, -0.2) is 9.78 Å². The summed E-state index contributed by atoms with van der Waals surface area (Å²) in [7, 11) is 0. The lowest BCUT2D eigenvalue weighted by Gasteiger charge is -2.22. The Bertz CT molecular complexity index is 1330. The van der Waals surface area contributed by atoms with E-state index in [1.54, 1.807) is 0 Å². The zero-order valence-corrected chi connectivity index (χ0v) is 20.7. The molecule has 0 radical (unpaired) electrons. The SMILES string of the molecule is CC(C)(C)OC(=O)N[C@@H](CC1CC1)c1nc2ccc(-c3ccc4cc(Br)ccc4c3)cc2[nH]1. The molecule has 33 heavy (non-hydrogen) atoms. The molecule has 170 valence electrons. The zero-order valence-electron chi connectivity index (χ0n) is 19.1. The Morgan fingerprint density at radius 3 is 2.55 bits per heavy atom. The highest BCUT2D eigenvalue weighted by Crippen LogP contribution is 2.38. The molecule has 1 fully saturated rings. The monoisotopic (exact) mass is 505 g/mol. The van der Waals surface area contributed by atoms with Crippen molar-refractivity contribution in [3.8, 4) is 11.1 Å². The second-order valence-electron chi connectivity index (χ2n) is 9.94. The van der Waals surface area contributed by atoms with E-state index in [1.165, 1.54) is 23.6 Å². The normalized spacial score (nSPS) is 15.0. The number of amides is 1. The van der Waals surface area contributed by atoms with Crippen molar-refractivity contribution in [3.05, 3.63) is 64.9 Å². The predicted octanol–water partition coefficient (Wildman–Crippen LogP) is 7.51. The highest BCUT2D eigenvalue weighted by atomic mass is 79.9. The van der Waals surface area contributed by atoms with Gasteiger partial charge >= 0.3 is 6.09 Å². The Labute approximate surface area is 202 Å². The summed E-state index contributed by atoms with van der Waals surface area (Å²) in [4.78, 5) is 20.7. The Morgan fingerprint density at radius 1 is 1.09 bits per heavy atom. The summed E-state index contributed by atoms with van der Waals surface area (Å²) in [5, 5.41) is 5.44. The first kappa shape index (κ1) is 22.0. The molecule has 1 aromatic heterocycles. The van der Waals surface area contributed by atoms with Crippen molar-refractivity contribution in [2.75, 3.05) is 0 Å². The van der Waals surface area contributed by atoms with Gasteiger partial charge in [0, 0.05) is 4.47 Å². The number of nitrogens with one attached hydrogen (secondary N) is 2. The number of carbonyl (C=O) groups excluding carboxylic acids is 1. The fourth-order valence-corrected chi connectivity index (χ4v) is 4.52. The molecule has 4 aromatic rings. The van der Waals surface area contributed by atoms with Crippen LogP contribution in [0.2, 0.25) is 0 Å². The third-order valence-corrected chi connectivity index (χ3v) is 6.42. The minimum absolute atomic E-state index is 0.192. The van der Waals surface area contributed by atoms with Crippen LogP contribution in [-0.2, 0) is 4.74 Å². The molecular formula is C27H28BrN3O2. The number of rotatable bonds is 5. The van der Waals surface area contributed by atoms with Crippen LogP contribution in [0.5, 0.6) is 0 Å². The van der Waals surface area contributed by atoms with E-state index in [1.807, 2.05) is 26.8 Å². The van der Waals surface area contributed by atoms with Gasteiger partial charge in [-0.2, -0.15) is 0 Å². The van der Waals surface area contributed by atoms with Crippen molar-refractivity contribution in [2.45, 2.75) is 51.7 Å². The maximum atomic E-state index is 12.4. The van der Waals surface area contributed by atoms with E-state index >= 15 is 0 Å². The first-order chi connectivity index (χ1) is 15.7. The molecule has 3 aromatic carbocycles. The lowest BCUT2D eigenvalue weighted by atomic mass is 10.0. The van der Waals surface area contributed by atoms with Gasteiger partial charge in [0.25, 0.3) is 0 Å². The highest BCUT2D eigenvalue weighted by molar-refractivity contribution is 9.10. The number of hydrogen-bond acceptors (Lipinski definition) is 3. The molecule has 0 spiro atoms. The summed E-state index contributed by atoms with van der Waals surface area (Å²) in [5.41, 5.74) is 3.61. The molecule has 5 rings (SSSR count). The van der Waals surface area contributed by atoms with Crippen LogP contribution in [0.3, 0.4) is 0 Å². The highest BCUT2D eigenvalue weighted by Gasteiger charge is 2.30. The third-order valence-electron chi connectivity index (χ3n) is 5.92. The zero-order chi connectivity index (χ0) is 23.2. The number of halogens is 1. The molecule has 5 nitrogen and oxygen atoms in total. The van der Waals surface area contributed by atoms with Crippen LogP contribution in [0, 0.1) is 5.92 Å². The molecule has 1 aliphatic carbocycles. The molecule has 0 bridgehead atoms. The Balaban J connectivity index is 1.43. The number of hydrogen-bond donors (Lipinski definition) is 2. The summed E-state index contributed by atoms with van der Waals surface area (Å²) in [6.07, 6.45) is 2.87. The number of fused-ring (bicyclic) bond motifs is 2. The standard InChI is InChI=1S/C27H28BrN3O2/c1-27(2,3)33-26(32)31-24(12-16-4-5-16)25-29-22-11-9-20(15-23(22)30-25)17-6-7-19-14-21(28)10-8-18(19)13-17/h6-11,13-16,24H,4-5,12H2,1-3H3,(H,29,30)(H,31,32)/t24-/m0/s1. The van der Waals surface area contributed by atoms with Gasteiger partial charge in [0.05, 0.1) is 17.1 Å². The van der Waals surface area contributed by atoms with E-state index in [0.717, 1.165) is 38.9 Å². The van der Waals surface area contributed by atoms with Crippen molar-refractivity contribution in [1.82, 2.24) is 15.3 Å². The molecule has 1 amide bonds. The van der Waals surface area contributed by atoms with Gasteiger partial charge in [-0.15, -0.1) is 0 Å². The van der Waals surface area contributed by atoms with E-state index in [-0.39, 0.29) is 6.04 Å². The predicted molar refractivity (Wildman–Crippen MR) is 136 cm³/mol. The quantitative estimate of drug-likeness (QED) is 0.294. The van der Waals surface area contributed by atoms with Crippen molar-refractivity contribution < 1.29 is 9.53 Å². The van der Waals surface area contributed by atoms with Gasteiger partial charge in [-0.1, -0.05) is 53.0 Å². The molecule has 1 saturated carbocycles. The molecule has 0 aliphatic heterocycles. The molecule has 6 heteroatoms. The number of benzene rings is 3. The number of alkyl carbamates (subject to hydrolysis) is 1. The Kier molecular flexibility index (Phi) is 5.65. The Morgan fingerprint density at radius 2 is 1.79 bits per heavy atom. The number of aromatic amines is 1. The molecule has 1 atom stereocenters. The van der Waals surface area contributed by atoms with Crippen LogP contribution in [-0.4, -0.2) is 21.7 Å². The molecule has 1 aliphatic rings. The van der Waals surface area contributed by atoms with Gasteiger partial charge < -0.3 is 15.0 Å². The van der Waals surface area contributed by atoms with E-state index < -0.39 is 11.7 Å². The summed E-state index contributed by atoms with van der Waals surface area (Å²) in [6.45, 7) is 5.62. The van der Waals surface area contributed by atoms with Crippen LogP contribution in [0.1, 0.15) is 51.9 Å². The van der Waals surface area contributed by atoms with Gasteiger partial charge in [0.15, 0.2) is 0 Å². The van der Waals surface area contributed by atoms with Gasteiger partial charge in [0.2, 0.25) is 0 Å². The number of nitrogens with zero attached hydrogens (tertiary/aromatic N) is 1. The summed E-state index contributed by atoms with van der Waals surface area (Å²) >= 11 is 3.54. The third kappa shape index (κ3) is 5.22. The van der Waals surface area contributed by atoms with Crippen LogP contribution < -0.4 is 5.32 Å². The molecular weight excluding hydrogens is 478 g/mol. The van der Waals surface area contributed by atoms with E-state index in [9.17, 15) is 4.79 Å². The number of carbonyl (C=O) groups is 1. The lowest BCUT2D eigenvalue weighted by Crippen LogP contribution is -2.35. The van der Waals surface area contributed by atoms with Gasteiger partial charge in [-0.05, 0) is 85.3 Å². The van der Waals surface area contributed by atoms with E-state index in [4.69, 9.17) is 9.72 Å². The van der Waals surface area contributed by atoms with E-state index in [2.05, 4.69) is 74.8 Å². The second kappa shape index (κ2) is 8.49. The number of H-pyrrole nitrogens is 1. The first-order valence-electron chi connectivity index (χ1n) is 11.4. The van der Waals surface area contributed by atoms with Crippen LogP contribution in [0.25, 0.3) is 32.9 Å². The largest absolute Gasteiger partial charge is 0.444 e. The fraction of sp³-hybridized carbons (Fsp3) is 0.333. The lowest BCUT2D eigenvalue weighted by molar-refractivity contribution is 0.0497. The first-order valence-corrected chi connectivity index (χ1v) is 12.2. The van der Waals surface area contributed by atoms with Crippen LogP contribution in [0.4, 0.5) is 4.79 Å². The van der Waals surface area contributed by atoms with Crippen molar-refractivity contribution >= 4 is 43.8 Å². The van der Waals surface area contributed by atoms with E-state index in [0.29, 0.717) is 5.92 Å². The minimum atomic E-state index is -0.535. The van der Waals surface area contributed by atoms with Crippen LogP contribution in [0.15, 0.2) is 59.1 Å². The minimum Gasteiger partial charge on any atom is -0.444 e. The molecule has 0 unspecified atom stereocenters. The molecule has 0 saturated heterocycles. The average molecular weight is 506 g/mol. The fourth-order valence-electron chi connectivity index (χ4n) is 4.15. The van der Waals surface area contributed by atoms with Crippen molar-refractivity contribution in [2.24, 2.45) is 5.92 Å². The molecule has 2 N–H and O–H groups in total. The summed E-state index contributed by atoms with van der Waals surface area (Å²) in [6, 6.07) is 18.9. The van der Waals surface area contributed by atoms with Gasteiger partial charge in [-0.3, -0.25) is 0 Å². The van der Waals surface area contributed by atoms with Crippen LogP contribution >= 0.6 is 15.9 Å².